The van der Waals surface area contributed by atoms with E-state index in [-0.39, 0.29) is 5.82 Å². The van der Waals surface area contributed by atoms with Crippen LogP contribution in [0.4, 0.5) is 5.82 Å². The average Bonchev–Trinajstić information content (AvgIpc) is 2.66. The van der Waals surface area contributed by atoms with Crippen molar-refractivity contribution in [2.24, 2.45) is 0 Å². The van der Waals surface area contributed by atoms with E-state index in [4.69, 9.17) is 0 Å². The molecular weight excluding hydrogens is 274 g/mol. The van der Waals surface area contributed by atoms with Crippen LogP contribution in [0, 0.1) is 17.0 Å². The van der Waals surface area contributed by atoms with Gasteiger partial charge in [0.1, 0.15) is 6.20 Å². The summed E-state index contributed by atoms with van der Waals surface area (Å²) in [6.07, 6.45) is 2.81. The van der Waals surface area contributed by atoms with Gasteiger partial charge in [-0.25, -0.2) is 0 Å². The number of halogens is 1. The Morgan fingerprint density at radius 3 is 2.81 bits per heavy atom. The molecule has 1 aromatic heterocycles. The van der Waals surface area contributed by atoms with Crippen molar-refractivity contribution in [2.45, 2.75) is 6.92 Å². The van der Waals surface area contributed by atoms with E-state index in [0.29, 0.717) is 0 Å². The van der Waals surface area contributed by atoms with Crippen LogP contribution in [0.5, 0.6) is 0 Å². The lowest BCUT2D eigenvalue weighted by Crippen LogP contribution is -1.92. The van der Waals surface area contributed by atoms with E-state index in [2.05, 4.69) is 20.9 Å². The highest BCUT2D eigenvalue weighted by atomic mass is 79.9. The lowest BCUT2D eigenvalue weighted by atomic mass is 10.2. The molecule has 5 nitrogen and oxygen atoms in total. The van der Waals surface area contributed by atoms with Crippen LogP contribution in [0.3, 0.4) is 0 Å². The second kappa shape index (κ2) is 4.05. The van der Waals surface area contributed by atoms with Crippen molar-refractivity contribution >= 4 is 21.7 Å². The summed E-state index contributed by atoms with van der Waals surface area (Å²) in [7, 11) is 0. The molecule has 0 aliphatic carbocycles. The first-order valence-electron chi connectivity index (χ1n) is 4.53. The first-order valence-corrected chi connectivity index (χ1v) is 5.32. The molecule has 0 fully saturated rings. The standard InChI is InChI=1S/C10H8BrN3O2/c1-7-2-3-9(8(11)4-7)13-5-10(12-6-13)14(15)16/h2-6H,1H3. The van der Waals surface area contributed by atoms with Crippen LogP contribution in [-0.4, -0.2) is 14.5 Å². The number of hydrogen-bond donors (Lipinski definition) is 0. The fourth-order valence-corrected chi connectivity index (χ4v) is 2.06. The van der Waals surface area contributed by atoms with Crippen LogP contribution in [-0.2, 0) is 0 Å². The topological polar surface area (TPSA) is 61.0 Å². The Bertz CT molecular complexity index is 551. The fraction of sp³-hybridized carbons (Fsp3) is 0.100. The molecule has 16 heavy (non-hydrogen) atoms. The van der Waals surface area contributed by atoms with Gasteiger partial charge in [0.05, 0.1) is 5.69 Å². The third-order valence-corrected chi connectivity index (χ3v) is 2.77. The Kier molecular flexibility index (Phi) is 2.74. The molecule has 0 aliphatic heterocycles. The number of aryl methyl sites for hydroxylation is 1. The van der Waals surface area contributed by atoms with Crippen LogP contribution in [0.25, 0.3) is 5.69 Å². The Hall–Kier alpha value is -1.69. The number of benzene rings is 1. The summed E-state index contributed by atoms with van der Waals surface area (Å²) in [5.74, 6) is -0.160. The minimum Gasteiger partial charge on any atom is -0.358 e. The quantitative estimate of drug-likeness (QED) is 0.628. The van der Waals surface area contributed by atoms with Gasteiger partial charge >= 0.3 is 5.82 Å². The van der Waals surface area contributed by atoms with Crippen molar-refractivity contribution in [3.63, 3.8) is 0 Å². The predicted octanol–water partition coefficient (Wildman–Crippen LogP) is 2.85. The molecule has 0 amide bonds. The first-order chi connectivity index (χ1) is 7.58. The molecule has 1 heterocycles. The van der Waals surface area contributed by atoms with Gasteiger partial charge in [-0.2, -0.15) is 0 Å². The van der Waals surface area contributed by atoms with E-state index in [1.54, 1.807) is 4.57 Å². The van der Waals surface area contributed by atoms with Gasteiger partial charge in [-0.1, -0.05) is 6.07 Å². The zero-order chi connectivity index (χ0) is 11.7. The fourth-order valence-electron chi connectivity index (χ4n) is 1.36. The summed E-state index contributed by atoms with van der Waals surface area (Å²) in [4.78, 5) is 13.7. The number of nitro groups is 1. The molecule has 0 saturated heterocycles. The number of rotatable bonds is 2. The molecule has 0 spiro atoms. The summed E-state index contributed by atoms with van der Waals surface area (Å²) in [6.45, 7) is 1.98. The van der Waals surface area contributed by atoms with Gasteiger partial charge in [-0.05, 0) is 50.5 Å². The zero-order valence-corrected chi connectivity index (χ0v) is 10.0. The third kappa shape index (κ3) is 1.96. The van der Waals surface area contributed by atoms with E-state index >= 15 is 0 Å². The highest BCUT2D eigenvalue weighted by molar-refractivity contribution is 9.10. The maximum Gasteiger partial charge on any atom is 0.381 e. The molecule has 82 valence electrons. The monoisotopic (exact) mass is 281 g/mol. The highest BCUT2D eigenvalue weighted by Gasteiger charge is 2.12. The van der Waals surface area contributed by atoms with Crippen molar-refractivity contribution in [2.75, 3.05) is 0 Å². The third-order valence-electron chi connectivity index (χ3n) is 2.14. The summed E-state index contributed by atoms with van der Waals surface area (Å²) >= 11 is 3.41. The van der Waals surface area contributed by atoms with Crippen molar-refractivity contribution in [1.82, 2.24) is 9.55 Å². The molecule has 0 bridgehead atoms. The molecule has 6 heteroatoms. The van der Waals surface area contributed by atoms with E-state index < -0.39 is 4.92 Å². The largest absolute Gasteiger partial charge is 0.381 e. The van der Waals surface area contributed by atoms with Crippen LogP contribution in [0.1, 0.15) is 5.56 Å². The second-order valence-corrected chi connectivity index (χ2v) is 4.21. The molecule has 0 unspecified atom stereocenters. The average molecular weight is 282 g/mol. The molecular formula is C10H8BrN3O2. The Balaban J connectivity index is 2.46. The number of hydrogen-bond acceptors (Lipinski definition) is 3. The van der Waals surface area contributed by atoms with Crippen molar-refractivity contribution in [3.8, 4) is 5.69 Å². The van der Waals surface area contributed by atoms with Crippen LogP contribution in [0.15, 0.2) is 35.2 Å². The molecule has 0 saturated carbocycles. The summed E-state index contributed by atoms with van der Waals surface area (Å²) in [5.41, 5.74) is 1.94. The SMILES string of the molecule is Cc1ccc(-n2cnc([N+](=O)[O-])c2)c(Br)c1. The first kappa shape index (κ1) is 10.8. The van der Waals surface area contributed by atoms with Crippen LogP contribution >= 0.6 is 15.9 Å². The minimum atomic E-state index is -0.515. The Morgan fingerprint density at radius 1 is 1.50 bits per heavy atom. The molecule has 0 N–H and O–H groups in total. The van der Waals surface area contributed by atoms with E-state index in [1.807, 2.05) is 25.1 Å². The Morgan fingerprint density at radius 2 is 2.25 bits per heavy atom. The van der Waals surface area contributed by atoms with Crippen molar-refractivity contribution < 1.29 is 4.92 Å². The van der Waals surface area contributed by atoms with Gasteiger partial charge in [-0.15, -0.1) is 0 Å². The van der Waals surface area contributed by atoms with Crippen LogP contribution < -0.4 is 0 Å². The molecule has 0 radical (unpaired) electrons. The smallest absolute Gasteiger partial charge is 0.358 e. The maximum atomic E-state index is 10.5. The summed E-state index contributed by atoms with van der Waals surface area (Å²) < 4.78 is 2.49. The highest BCUT2D eigenvalue weighted by Crippen LogP contribution is 2.23. The summed E-state index contributed by atoms with van der Waals surface area (Å²) in [5, 5.41) is 10.5. The summed E-state index contributed by atoms with van der Waals surface area (Å²) in [6, 6.07) is 5.76. The van der Waals surface area contributed by atoms with Gasteiger partial charge in [0.25, 0.3) is 0 Å². The number of aromatic nitrogens is 2. The predicted molar refractivity (Wildman–Crippen MR) is 62.7 cm³/mol. The lowest BCUT2D eigenvalue weighted by molar-refractivity contribution is -0.389. The molecule has 2 aromatic rings. The van der Waals surface area contributed by atoms with Crippen LogP contribution in [0.2, 0.25) is 0 Å². The van der Waals surface area contributed by atoms with E-state index in [9.17, 15) is 10.1 Å². The van der Waals surface area contributed by atoms with Gasteiger partial charge in [0.15, 0.2) is 0 Å². The maximum absolute atomic E-state index is 10.5. The van der Waals surface area contributed by atoms with E-state index in [1.165, 1.54) is 12.5 Å². The zero-order valence-electron chi connectivity index (χ0n) is 8.42. The normalized spacial score (nSPS) is 10.4. The number of nitrogens with zero attached hydrogens (tertiary/aromatic N) is 3. The van der Waals surface area contributed by atoms with Gasteiger partial charge in [-0.3, -0.25) is 4.57 Å². The van der Waals surface area contributed by atoms with Crippen molar-refractivity contribution in [1.29, 1.82) is 0 Å². The van der Waals surface area contributed by atoms with Crippen molar-refractivity contribution in [3.05, 3.63) is 50.9 Å². The van der Waals surface area contributed by atoms with Gasteiger partial charge < -0.3 is 10.1 Å². The van der Waals surface area contributed by atoms with Gasteiger partial charge in [0, 0.05) is 4.47 Å². The second-order valence-electron chi connectivity index (χ2n) is 3.35. The lowest BCUT2D eigenvalue weighted by Gasteiger charge is -2.04. The minimum absolute atomic E-state index is 0.160. The molecule has 1 aromatic carbocycles. The number of imidazole rings is 1. The Labute approximate surface area is 100 Å². The molecule has 0 atom stereocenters. The van der Waals surface area contributed by atoms with E-state index in [0.717, 1.165) is 15.7 Å². The molecule has 2 rings (SSSR count). The molecule has 0 aliphatic rings. The van der Waals surface area contributed by atoms with Gasteiger partial charge in [0.2, 0.25) is 6.33 Å².